The minimum absolute atomic E-state index is 0.317. The third-order valence-electron chi connectivity index (χ3n) is 6.62. The Hall–Kier alpha value is -5.61. The van der Waals surface area contributed by atoms with Gasteiger partial charge in [0.1, 0.15) is 29.2 Å². The fourth-order valence-corrected chi connectivity index (χ4v) is 6.43. The standard InChI is InChI=1S/C35H25N3O4S2/c1-41-29-11-7-27(8-12-29)38(28-9-13-30(42-2)14-10-28)26-5-3-23(4-6-26)19-24(21-36)32-17-18-34(44-32)33-16-15-31(43-33)20-25(22-37)35(39)40/h3-20H,1-2H3,(H,39,40)/b24-19+,25-20+. The lowest BCUT2D eigenvalue weighted by molar-refractivity contribution is -0.132. The van der Waals surface area contributed by atoms with E-state index < -0.39 is 5.97 Å². The van der Waals surface area contributed by atoms with E-state index in [4.69, 9.17) is 19.8 Å². The van der Waals surface area contributed by atoms with Crippen LogP contribution in [0, 0.1) is 22.7 Å². The zero-order valence-corrected chi connectivity index (χ0v) is 25.4. The van der Waals surface area contributed by atoms with Gasteiger partial charge in [0.2, 0.25) is 0 Å². The van der Waals surface area contributed by atoms with Crippen LogP contribution in [0.5, 0.6) is 11.5 Å². The number of hydrogen-bond donors (Lipinski definition) is 1. The molecule has 0 aliphatic carbocycles. The number of aliphatic carboxylic acids is 1. The Labute approximate surface area is 263 Å². The summed E-state index contributed by atoms with van der Waals surface area (Å²) in [6.07, 6.45) is 3.22. The number of benzene rings is 3. The molecule has 0 unspecified atom stereocenters. The van der Waals surface area contributed by atoms with Gasteiger partial charge in [0.05, 0.1) is 19.8 Å². The summed E-state index contributed by atoms with van der Waals surface area (Å²) in [5.74, 6) is 0.284. The van der Waals surface area contributed by atoms with Gasteiger partial charge >= 0.3 is 5.97 Å². The summed E-state index contributed by atoms with van der Waals surface area (Å²) in [6, 6.07) is 35.2. The monoisotopic (exact) mass is 615 g/mol. The van der Waals surface area contributed by atoms with Crippen LogP contribution in [0.2, 0.25) is 0 Å². The molecule has 0 fully saturated rings. The molecule has 0 bridgehead atoms. The van der Waals surface area contributed by atoms with Gasteiger partial charge in [-0.15, -0.1) is 22.7 Å². The number of carbonyl (C=O) groups is 1. The average Bonchev–Trinajstić information content (AvgIpc) is 3.74. The highest BCUT2D eigenvalue weighted by atomic mass is 32.1. The first kappa shape index (κ1) is 29.9. The van der Waals surface area contributed by atoms with E-state index in [2.05, 4.69) is 11.0 Å². The highest BCUT2D eigenvalue weighted by Gasteiger charge is 2.14. The molecule has 5 rings (SSSR count). The van der Waals surface area contributed by atoms with Crippen LogP contribution in [0.25, 0.3) is 27.5 Å². The van der Waals surface area contributed by atoms with Gasteiger partial charge in [0.15, 0.2) is 0 Å². The first-order chi connectivity index (χ1) is 21.4. The molecule has 1 N–H and O–H groups in total. The van der Waals surface area contributed by atoms with E-state index in [1.54, 1.807) is 26.4 Å². The smallest absolute Gasteiger partial charge is 0.346 e. The van der Waals surface area contributed by atoms with Crippen molar-refractivity contribution in [2.75, 3.05) is 19.1 Å². The Kier molecular flexibility index (Phi) is 9.22. The Bertz CT molecular complexity index is 1870. The molecular weight excluding hydrogens is 591 g/mol. The van der Waals surface area contributed by atoms with Crippen molar-refractivity contribution in [2.45, 2.75) is 0 Å². The summed E-state index contributed by atoms with van der Waals surface area (Å²) < 4.78 is 10.7. The molecule has 0 spiro atoms. The zero-order chi connectivity index (χ0) is 31.1. The molecule has 3 aromatic carbocycles. The number of nitrogens with zero attached hydrogens (tertiary/aromatic N) is 3. The van der Waals surface area contributed by atoms with Gasteiger partial charge in [-0.3, -0.25) is 0 Å². The molecule has 7 nitrogen and oxygen atoms in total. The van der Waals surface area contributed by atoms with E-state index in [-0.39, 0.29) is 5.57 Å². The van der Waals surface area contributed by atoms with Crippen molar-refractivity contribution in [2.24, 2.45) is 0 Å². The van der Waals surface area contributed by atoms with Gasteiger partial charge in [0, 0.05) is 36.6 Å². The summed E-state index contributed by atoms with van der Waals surface area (Å²) in [7, 11) is 3.28. The third kappa shape index (κ3) is 6.71. The number of allylic oxidation sites excluding steroid dienone is 1. The minimum atomic E-state index is -1.26. The number of ether oxygens (including phenoxy) is 2. The predicted octanol–water partition coefficient (Wildman–Crippen LogP) is 9.02. The number of carboxylic acids is 1. The fraction of sp³-hybridized carbons (Fsp3) is 0.0571. The van der Waals surface area contributed by atoms with Crippen LogP contribution in [0.4, 0.5) is 17.1 Å². The molecular formula is C35H25N3O4S2. The molecule has 216 valence electrons. The second-order valence-corrected chi connectivity index (χ2v) is 11.5. The van der Waals surface area contributed by atoms with Crippen LogP contribution >= 0.6 is 22.7 Å². The van der Waals surface area contributed by atoms with E-state index >= 15 is 0 Å². The Morgan fingerprint density at radius 3 is 1.73 bits per heavy atom. The molecule has 0 atom stereocenters. The van der Waals surface area contributed by atoms with Gasteiger partial charge in [0.25, 0.3) is 0 Å². The molecule has 2 aromatic heterocycles. The number of methoxy groups -OCH3 is 2. The molecule has 0 radical (unpaired) electrons. The highest BCUT2D eigenvalue weighted by Crippen LogP contribution is 2.38. The van der Waals surface area contributed by atoms with E-state index in [1.807, 2.05) is 97.1 Å². The second kappa shape index (κ2) is 13.6. The van der Waals surface area contributed by atoms with Crippen LogP contribution in [0.15, 0.2) is 103 Å². The topological polar surface area (TPSA) is 107 Å². The second-order valence-electron chi connectivity index (χ2n) is 9.33. The van der Waals surface area contributed by atoms with E-state index in [0.717, 1.165) is 48.8 Å². The summed E-state index contributed by atoms with van der Waals surface area (Å²) in [4.78, 5) is 16.7. The summed E-state index contributed by atoms with van der Waals surface area (Å²) in [5, 5.41) is 28.2. The molecule has 0 saturated carbocycles. The number of carboxylic acid groups (broad SMARTS) is 1. The number of rotatable bonds is 10. The number of nitriles is 2. The first-order valence-electron chi connectivity index (χ1n) is 13.3. The molecule has 44 heavy (non-hydrogen) atoms. The summed E-state index contributed by atoms with van der Waals surface area (Å²) in [5.41, 5.74) is 3.96. The Morgan fingerprint density at radius 2 is 1.23 bits per heavy atom. The molecule has 5 aromatic rings. The maximum atomic E-state index is 11.2. The van der Waals surface area contributed by atoms with Gasteiger partial charge in [-0.2, -0.15) is 10.5 Å². The van der Waals surface area contributed by atoms with Gasteiger partial charge in [-0.1, -0.05) is 12.1 Å². The van der Waals surface area contributed by atoms with E-state index in [0.29, 0.717) is 10.5 Å². The number of thiophene rings is 2. The molecule has 0 aliphatic rings. The first-order valence-corrected chi connectivity index (χ1v) is 14.9. The predicted molar refractivity (Wildman–Crippen MR) is 177 cm³/mol. The minimum Gasteiger partial charge on any atom is -0.497 e. The quantitative estimate of drug-likeness (QED) is 0.123. The van der Waals surface area contributed by atoms with Crippen LogP contribution in [0.1, 0.15) is 15.3 Å². The van der Waals surface area contributed by atoms with E-state index in [9.17, 15) is 10.1 Å². The maximum absolute atomic E-state index is 11.2. The molecule has 0 amide bonds. The lowest BCUT2D eigenvalue weighted by atomic mass is 10.1. The van der Waals surface area contributed by atoms with Crippen LogP contribution in [0.3, 0.4) is 0 Å². The van der Waals surface area contributed by atoms with Crippen molar-refractivity contribution in [3.05, 3.63) is 118 Å². The van der Waals surface area contributed by atoms with Gasteiger partial charge in [-0.25, -0.2) is 4.79 Å². The van der Waals surface area contributed by atoms with Crippen molar-refractivity contribution < 1.29 is 19.4 Å². The maximum Gasteiger partial charge on any atom is 0.346 e. The normalized spacial score (nSPS) is 11.4. The van der Waals surface area contributed by atoms with Crippen molar-refractivity contribution in [3.8, 4) is 33.4 Å². The molecule has 0 saturated heterocycles. The molecule has 0 aliphatic heterocycles. The molecule has 9 heteroatoms. The summed E-state index contributed by atoms with van der Waals surface area (Å²) >= 11 is 2.87. The van der Waals surface area contributed by atoms with Crippen LogP contribution < -0.4 is 14.4 Å². The van der Waals surface area contributed by atoms with Gasteiger partial charge < -0.3 is 19.5 Å². The van der Waals surface area contributed by atoms with Crippen molar-refractivity contribution in [1.82, 2.24) is 0 Å². The van der Waals surface area contributed by atoms with Crippen molar-refractivity contribution in [1.29, 1.82) is 10.5 Å². The van der Waals surface area contributed by atoms with Crippen molar-refractivity contribution >= 4 is 63.4 Å². The molecule has 2 heterocycles. The fourth-order valence-electron chi connectivity index (χ4n) is 4.42. The summed E-state index contributed by atoms with van der Waals surface area (Å²) in [6.45, 7) is 0. The van der Waals surface area contributed by atoms with Crippen LogP contribution in [-0.2, 0) is 4.79 Å². The van der Waals surface area contributed by atoms with Crippen LogP contribution in [-0.4, -0.2) is 25.3 Å². The lowest BCUT2D eigenvalue weighted by Gasteiger charge is -2.26. The third-order valence-corrected chi connectivity index (χ3v) is 8.97. The Morgan fingerprint density at radius 1 is 0.705 bits per heavy atom. The largest absolute Gasteiger partial charge is 0.497 e. The average molecular weight is 616 g/mol. The SMILES string of the molecule is COc1ccc(N(c2ccc(/C=C(\C#N)c3ccc(-c4ccc(/C=C(\C#N)C(=O)O)s4)s3)cc2)c2ccc(OC)cc2)cc1. The van der Waals surface area contributed by atoms with Crippen molar-refractivity contribution in [3.63, 3.8) is 0 Å². The number of hydrogen-bond acceptors (Lipinski definition) is 8. The van der Waals surface area contributed by atoms with E-state index in [1.165, 1.54) is 28.7 Å². The lowest BCUT2D eigenvalue weighted by Crippen LogP contribution is -2.09. The van der Waals surface area contributed by atoms with Gasteiger partial charge in [-0.05, 0) is 103 Å². The highest BCUT2D eigenvalue weighted by molar-refractivity contribution is 7.23. The number of anilines is 3. The Balaban J connectivity index is 1.41. The zero-order valence-electron chi connectivity index (χ0n) is 23.7.